The quantitative estimate of drug-likeness (QED) is 0.744. The number of hydrogen-bond acceptors (Lipinski definition) is 5. The molecule has 0 saturated carbocycles. The number of aryl methyl sites for hydroxylation is 2. The lowest BCUT2D eigenvalue weighted by atomic mass is 9.87. The number of anilines is 1. The number of hydrogen-bond donors (Lipinski definition) is 0. The fourth-order valence-electron chi connectivity index (χ4n) is 3.79. The minimum absolute atomic E-state index is 0.123. The first-order valence-electron chi connectivity index (χ1n) is 9.49. The highest BCUT2D eigenvalue weighted by atomic mass is 32.2. The molecule has 0 radical (unpaired) electrons. The maximum Gasteiger partial charge on any atom is 0.247 e. The summed E-state index contributed by atoms with van der Waals surface area (Å²) in [5.41, 5.74) is 4.31. The van der Waals surface area contributed by atoms with E-state index in [2.05, 4.69) is 13.0 Å². The molecule has 0 bridgehead atoms. The first-order chi connectivity index (χ1) is 13.5. The van der Waals surface area contributed by atoms with Gasteiger partial charge in [0.2, 0.25) is 11.8 Å². The number of imide groups is 1. The third-order valence-electron chi connectivity index (χ3n) is 5.37. The lowest BCUT2D eigenvalue weighted by Crippen LogP contribution is -2.31. The Labute approximate surface area is 168 Å². The van der Waals surface area contributed by atoms with Crippen molar-refractivity contribution in [2.45, 2.75) is 49.8 Å². The predicted molar refractivity (Wildman–Crippen MR) is 108 cm³/mol. The van der Waals surface area contributed by atoms with Crippen LogP contribution in [-0.4, -0.2) is 22.0 Å². The van der Waals surface area contributed by atoms with Gasteiger partial charge in [0.25, 0.3) is 0 Å². The van der Waals surface area contributed by atoms with Crippen LogP contribution in [-0.2, 0) is 22.4 Å². The summed E-state index contributed by atoms with van der Waals surface area (Å²) in [5.74, 6) is 0.143. The summed E-state index contributed by atoms with van der Waals surface area (Å²) in [6.07, 6.45) is 3.03. The van der Waals surface area contributed by atoms with Crippen molar-refractivity contribution in [1.29, 1.82) is 5.26 Å². The number of amides is 2. The molecule has 5 nitrogen and oxygen atoms in total. The molecule has 2 heterocycles. The van der Waals surface area contributed by atoms with E-state index in [-0.39, 0.29) is 18.2 Å². The Morgan fingerprint density at radius 2 is 1.96 bits per heavy atom. The van der Waals surface area contributed by atoms with Gasteiger partial charge in [-0.15, -0.1) is 0 Å². The summed E-state index contributed by atoms with van der Waals surface area (Å²) in [7, 11) is 0. The third kappa shape index (κ3) is 3.43. The third-order valence-corrected chi connectivity index (χ3v) is 6.56. The van der Waals surface area contributed by atoms with Crippen LogP contribution in [0.4, 0.5) is 5.69 Å². The molecule has 2 aromatic rings. The largest absolute Gasteiger partial charge is 0.274 e. The highest BCUT2D eigenvalue weighted by Gasteiger charge is 2.40. The minimum Gasteiger partial charge on any atom is -0.274 e. The zero-order valence-corrected chi connectivity index (χ0v) is 16.8. The van der Waals surface area contributed by atoms with E-state index in [1.165, 1.54) is 16.7 Å². The Morgan fingerprint density at radius 1 is 1.21 bits per heavy atom. The van der Waals surface area contributed by atoms with Crippen molar-refractivity contribution in [1.82, 2.24) is 4.98 Å². The van der Waals surface area contributed by atoms with Gasteiger partial charge in [0, 0.05) is 12.1 Å². The number of aromatic nitrogens is 1. The van der Waals surface area contributed by atoms with Crippen LogP contribution in [0.1, 0.15) is 42.1 Å². The van der Waals surface area contributed by atoms with Crippen molar-refractivity contribution in [3.05, 3.63) is 52.7 Å². The van der Waals surface area contributed by atoms with Gasteiger partial charge in [0.15, 0.2) is 0 Å². The minimum atomic E-state index is -0.547. The van der Waals surface area contributed by atoms with Crippen LogP contribution in [0.25, 0.3) is 0 Å². The number of carbonyl (C=O) groups excluding carboxylic acids is 2. The summed E-state index contributed by atoms with van der Waals surface area (Å²) in [6, 6.07) is 11.5. The number of benzene rings is 1. The van der Waals surface area contributed by atoms with Crippen molar-refractivity contribution in [3.8, 4) is 6.07 Å². The second-order valence-corrected chi connectivity index (χ2v) is 8.81. The Hall–Kier alpha value is -2.65. The highest BCUT2D eigenvalue weighted by molar-refractivity contribution is 8.00. The molecule has 2 amide bonds. The monoisotopic (exact) mass is 391 g/mol. The number of fused-ring (bicyclic) bond motifs is 1. The van der Waals surface area contributed by atoms with Gasteiger partial charge >= 0.3 is 0 Å². The number of pyridine rings is 1. The Balaban J connectivity index is 1.60. The smallest absolute Gasteiger partial charge is 0.247 e. The van der Waals surface area contributed by atoms with E-state index in [1.807, 2.05) is 25.1 Å². The van der Waals surface area contributed by atoms with E-state index < -0.39 is 5.25 Å². The molecule has 0 spiro atoms. The zero-order valence-electron chi connectivity index (χ0n) is 15.9. The van der Waals surface area contributed by atoms with E-state index in [0.29, 0.717) is 22.2 Å². The molecule has 1 aliphatic heterocycles. The molecule has 2 aliphatic rings. The van der Waals surface area contributed by atoms with Gasteiger partial charge < -0.3 is 0 Å². The van der Waals surface area contributed by atoms with Gasteiger partial charge in [-0.3, -0.25) is 9.59 Å². The molecule has 4 rings (SSSR count). The van der Waals surface area contributed by atoms with Crippen molar-refractivity contribution >= 4 is 29.3 Å². The van der Waals surface area contributed by atoms with E-state index in [0.717, 1.165) is 36.1 Å². The van der Waals surface area contributed by atoms with Gasteiger partial charge in [-0.05, 0) is 55.9 Å². The number of nitrogens with zero attached hydrogens (tertiary/aromatic N) is 3. The van der Waals surface area contributed by atoms with E-state index >= 15 is 0 Å². The lowest BCUT2D eigenvalue weighted by molar-refractivity contribution is -0.121. The Bertz CT molecular complexity index is 994. The number of carbonyl (C=O) groups is 2. The highest BCUT2D eigenvalue weighted by Crippen LogP contribution is 2.36. The fraction of sp³-hybridized carbons (Fsp3) is 0.364. The summed E-state index contributed by atoms with van der Waals surface area (Å²) >= 11 is 1.24. The second-order valence-electron chi connectivity index (χ2n) is 7.62. The number of rotatable bonds is 3. The molecule has 1 fully saturated rings. The molecule has 1 saturated heterocycles. The summed E-state index contributed by atoms with van der Waals surface area (Å²) in [4.78, 5) is 31.4. The maximum atomic E-state index is 12.9. The van der Waals surface area contributed by atoms with Gasteiger partial charge in [0.1, 0.15) is 11.1 Å². The van der Waals surface area contributed by atoms with Crippen LogP contribution in [0.5, 0.6) is 0 Å². The van der Waals surface area contributed by atoms with Crippen LogP contribution < -0.4 is 4.90 Å². The second kappa shape index (κ2) is 7.40. The van der Waals surface area contributed by atoms with E-state index in [4.69, 9.17) is 4.98 Å². The van der Waals surface area contributed by atoms with Crippen LogP contribution >= 0.6 is 11.8 Å². The molecule has 142 valence electrons. The molecule has 2 atom stereocenters. The molecule has 6 heteroatoms. The van der Waals surface area contributed by atoms with Crippen LogP contribution in [0.15, 0.2) is 35.4 Å². The molecule has 0 unspecified atom stereocenters. The predicted octanol–water partition coefficient (Wildman–Crippen LogP) is 3.81. The zero-order chi connectivity index (χ0) is 19.8. The first-order valence-corrected chi connectivity index (χ1v) is 10.4. The molecule has 1 aromatic carbocycles. The lowest BCUT2D eigenvalue weighted by Gasteiger charge is -2.22. The van der Waals surface area contributed by atoms with Crippen LogP contribution in [0, 0.1) is 24.2 Å². The van der Waals surface area contributed by atoms with E-state index in [1.54, 1.807) is 12.1 Å². The number of nitriles is 1. The molecular formula is C22H21N3O2S. The van der Waals surface area contributed by atoms with Crippen LogP contribution in [0.2, 0.25) is 0 Å². The Morgan fingerprint density at radius 3 is 2.68 bits per heavy atom. The molecule has 28 heavy (non-hydrogen) atoms. The Kier molecular flexibility index (Phi) is 4.94. The van der Waals surface area contributed by atoms with E-state index in [9.17, 15) is 14.9 Å². The molecule has 1 aromatic heterocycles. The normalized spacial score (nSPS) is 21.5. The molecule has 1 aliphatic carbocycles. The topological polar surface area (TPSA) is 74.1 Å². The average molecular weight is 391 g/mol. The first kappa shape index (κ1) is 18.7. The SMILES string of the molecule is Cc1ccc(N2C(=O)C[C@@H](Sc3nc4c(cc3C#N)C[C@H](C)CC4)C2=O)cc1. The summed E-state index contributed by atoms with van der Waals surface area (Å²) < 4.78 is 0. The molecule has 0 N–H and O–H groups in total. The van der Waals surface area contributed by atoms with Crippen molar-refractivity contribution in [2.75, 3.05) is 4.90 Å². The maximum absolute atomic E-state index is 12.9. The molecular weight excluding hydrogens is 370 g/mol. The number of thioether (sulfide) groups is 1. The van der Waals surface area contributed by atoms with Crippen molar-refractivity contribution in [2.24, 2.45) is 5.92 Å². The van der Waals surface area contributed by atoms with Crippen LogP contribution in [0.3, 0.4) is 0 Å². The van der Waals surface area contributed by atoms with Gasteiger partial charge in [-0.2, -0.15) is 5.26 Å². The van der Waals surface area contributed by atoms with Gasteiger partial charge in [0.05, 0.1) is 16.5 Å². The summed E-state index contributed by atoms with van der Waals surface area (Å²) in [5, 5.41) is 9.58. The summed E-state index contributed by atoms with van der Waals surface area (Å²) in [6.45, 7) is 4.17. The fourth-order valence-corrected chi connectivity index (χ4v) is 4.89. The van der Waals surface area contributed by atoms with Crippen molar-refractivity contribution in [3.63, 3.8) is 0 Å². The van der Waals surface area contributed by atoms with Gasteiger partial charge in [-0.25, -0.2) is 9.88 Å². The van der Waals surface area contributed by atoms with Crippen molar-refractivity contribution < 1.29 is 9.59 Å². The van der Waals surface area contributed by atoms with Gasteiger partial charge in [-0.1, -0.05) is 36.4 Å². The standard InChI is InChI=1S/C22H21N3O2S/c1-13-3-6-17(7-4-13)25-20(26)11-19(22(25)27)28-21-16(12-23)10-15-9-14(2)5-8-18(15)24-21/h3-4,6-7,10,14,19H,5,8-9,11H2,1-2H3/t14-,19-/m1/s1. The average Bonchev–Trinajstić information content (AvgIpc) is 2.95.